The van der Waals surface area contributed by atoms with Crippen molar-refractivity contribution in [3.8, 4) is 22.8 Å². The van der Waals surface area contributed by atoms with Crippen molar-refractivity contribution in [2.24, 2.45) is 0 Å². The standard InChI is InChI=1S/C27H25ClN2O3/c1-17-25(27(31)29-15-14-18-8-13-23(32-2)24(16-18)33-3)21-6-4-5-7-22(21)30-26(17)19-9-11-20(28)12-10-19/h4-13,16H,14-15H2,1-3H3,(H,29,31). The number of amides is 1. The minimum absolute atomic E-state index is 0.123. The fourth-order valence-electron chi connectivity index (χ4n) is 3.93. The molecule has 0 saturated heterocycles. The van der Waals surface area contributed by atoms with Gasteiger partial charge in [-0.1, -0.05) is 48.0 Å². The zero-order valence-corrected chi connectivity index (χ0v) is 19.6. The van der Waals surface area contributed by atoms with Crippen molar-refractivity contribution >= 4 is 28.4 Å². The lowest BCUT2D eigenvalue weighted by molar-refractivity contribution is 0.0955. The summed E-state index contributed by atoms with van der Waals surface area (Å²) >= 11 is 6.06. The van der Waals surface area contributed by atoms with Crippen LogP contribution in [-0.4, -0.2) is 31.7 Å². The van der Waals surface area contributed by atoms with Gasteiger partial charge in [0, 0.05) is 22.5 Å². The van der Waals surface area contributed by atoms with Crippen molar-refractivity contribution in [2.75, 3.05) is 20.8 Å². The molecular weight excluding hydrogens is 436 g/mol. The van der Waals surface area contributed by atoms with Gasteiger partial charge in [-0.25, -0.2) is 4.98 Å². The molecule has 0 atom stereocenters. The second-order valence-electron chi connectivity index (χ2n) is 7.68. The van der Waals surface area contributed by atoms with Crippen LogP contribution >= 0.6 is 11.6 Å². The second-order valence-corrected chi connectivity index (χ2v) is 8.12. The van der Waals surface area contributed by atoms with Gasteiger partial charge in [-0.15, -0.1) is 0 Å². The normalized spacial score (nSPS) is 10.8. The number of carbonyl (C=O) groups excluding carboxylic acids is 1. The average molecular weight is 461 g/mol. The van der Waals surface area contributed by atoms with E-state index in [2.05, 4.69) is 5.32 Å². The Balaban J connectivity index is 1.61. The molecule has 0 aliphatic carbocycles. The first-order valence-electron chi connectivity index (χ1n) is 10.7. The quantitative estimate of drug-likeness (QED) is 0.375. The van der Waals surface area contributed by atoms with E-state index in [-0.39, 0.29) is 5.91 Å². The number of halogens is 1. The minimum Gasteiger partial charge on any atom is -0.493 e. The molecule has 4 aromatic rings. The third-order valence-electron chi connectivity index (χ3n) is 5.63. The van der Waals surface area contributed by atoms with E-state index in [4.69, 9.17) is 26.1 Å². The number of carbonyl (C=O) groups is 1. The van der Waals surface area contributed by atoms with Crippen LogP contribution in [0.25, 0.3) is 22.2 Å². The maximum atomic E-state index is 13.3. The Morgan fingerprint density at radius 1 is 0.970 bits per heavy atom. The molecule has 0 saturated carbocycles. The molecule has 0 unspecified atom stereocenters. The van der Waals surface area contributed by atoms with Gasteiger partial charge in [0.2, 0.25) is 0 Å². The Kier molecular flexibility index (Phi) is 6.80. The number of nitrogens with zero attached hydrogens (tertiary/aromatic N) is 1. The number of ether oxygens (including phenoxy) is 2. The highest BCUT2D eigenvalue weighted by molar-refractivity contribution is 6.30. The lowest BCUT2D eigenvalue weighted by atomic mass is 9.97. The van der Waals surface area contributed by atoms with Crippen molar-refractivity contribution < 1.29 is 14.3 Å². The molecule has 0 aliphatic rings. The summed E-state index contributed by atoms with van der Waals surface area (Å²) < 4.78 is 10.7. The fourth-order valence-corrected chi connectivity index (χ4v) is 4.06. The molecule has 0 spiro atoms. The van der Waals surface area contributed by atoms with E-state index in [1.165, 1.54) is 0 Å². The van der Waals surface area contributed by atoms with Gasteiger partial charge >= 0.3 is 0 Å². The van der Waals surface area contributed by atoms with E-state index in [9.17, 15) is 4.79 Å². The summed E-state index contributed by atoms with van der Waals surface area (Å²) in [6, 6.07) is 21.0. The summed E-state index contributed by atoms with van der Waals surface area (Å²) in [6.07, 6.45) is 0.665. The summed E-state index contributed by atoms with van der Waals surface area (Å²) in [4.78, 5) is 18.2. The number of nitrogens with one attached hydrogen (secondary N) is 1. The molecule has 0 bridgehead atoms. The highest BCUT2D eigenvalue weighted by Crippen LogP contribution is 2.31. The monoisotopic (exact) mass is 460 g/mol. The predicted octanol–water partition coefficient (Wildman–Crippen LogP) is 5.85. The molecule has 6 heteroatoms. The van der Waals surface area contributed by atoms with Gasteiger partial charge in [0.1, 0.15) is 0 Å². The van der Waals surface area contributed by atoms with Gasteiger partial charge in [0.05, 0.1) is 31.0 Å². The number of para-hydroxylation sites is 1. The molecule has 33 heavy (non-hydrogen) atoms. The van der Waals surface area contributed by atoms with Crippen LogP contribution in [0.2, 0.25) is 5.02 Å². The van der Waals surface area contributed by atoms with E-state index in [1.54, 1.807) is 14.2 Å². The number of hydrogen-bond donors (Lipinski definition) is 1. The van der Waals surface area contributed by atoms with Crippen molar-refractivity contribution in [3.05, 3.63) is 88.4 Å². The Hall–Kier alpha value is -3.57. The topological polar surface area (TPSA) is 60.5 Å². The number of aromatic nitrogens is 1. The third kappa shape index (κ3) is 4.78. The molecule has 1 aromatic heterocycles. The van der Waals surface area contributed by atoms with Crippen molar-refractivity contribution in [1.29, 1.82) is 0 Å². The molecule has 1 amide bonds. The molecule has 168 valence electrons. The lowest BCUT2D eigenvalue weighted by Crippen LogP contribution is -2.27. The minimum atomic E-state index is -0.123. The molecule has 3 aromatic carbocycles. The van der Waals surface area contributed by atoms with Crippen molar-refractivity contribution in [2.45, 2.75) is 13.3 Å². The van der Waals surface area contributed by atoms with Crippen LogP contribution in [0.15, 0.2) is 66.7 Å². The Bertz CT molecular complexity index is 1300. The van der Waals surface area contributed by atoms with E-state index in [1.807, 2.05) is 73.7 Å². The van der Waals surface area contributed by atoms with Crippen LogP contribution in [0.5, 0.6) is 11.5 Å². The van der Waals surface area contributed by atoms with Crippen LogP contribution in [0.4, 0.5) is 0 Å². The summed E-state index contributed by atoms with van der Waals surface area (Å²) in [5, 5.41) is 4.56. The van der Waals surface area contributed by atoms with Crippen molar-refractivity contribution in [1.82, 2.24) is 10.3 Å². The first-order chi connectivity index (χ1) is 16.0. The summed E-state index contributed by atoms with van der Waals surface area (Å²) in [5.41, 5.74) is 4.99. The molecular formula is C27H25ClN2O3. The second kappa shape index (κ2) is 9.92. The molecule has 0 radical (unpaired) electrons. The number of pyridine rings is 1. The Labute approximate surface area is 198 Å². The van der Waals surface area contributed by atoms with Crippen LogP contribution in [0.1, 0.15) is 21.5 Å². The summed E-state index contributed by atoms with van der Waals surface area (Å²) in [5.74, 6) is 1.23. The van der Waals surface area contributed by atoms with Crippen molar-refractivity contribution in [3.63, 3.8) is 0 Å². The van der Waals surface area contributed by atoms with Crippen LogP contribution in [0, 0.1) is 6.92 Å². The average Bonchev–Trinajstić information content (AvgIpc) is 2.84. The highest BCUT2D eigenvalue weighted by Gasteiger charge is 2.18. The molecule has 0 aliphatic heterocycles. The Morgan fingerprint density at radius 3 is 2.42 bits per heavy atom. The maximum absolute atomic E-state index is 13.3. The number of rotatable bonds is 7. The SMILES string of the molecule is COc1ccc(CCNC(=O)c2c(C)c(-c3ccc(Cl)cc3)nc3ccccc23)cc1OC. The van der Waals surface area contributed by atoms with Crippen LogP contribution < -0.4 is 14.8 Å². The summed E-state index contributed by atoms with van der Waals surface area (Å²) in [7, 11) is 3.22. The Morgan fingerprint density at radius 2 is 1.70 bits per heavy atom. The first-order valence-corrected chi connectivity index (χ1v) is 11.0. The largest absolute Gasteiger partial charge is 0.493 e. The van der Waals surface area contributed by atoms with Gasteiger partial charge in [0.15, 0.2) is 11.5 Å². The highest BCUT2D eigenvalue weighted by atomic mass is 35.5. The molecule has 4 rings (SSSR count). The predicted molar refractivity (Wildman–Crippen MR) is 133 cm³/mol. The van der Waals surface area contributed by atoms with E-state index >= 15 is 0 Å². The number of benzene rings is 3. The molecule has 0 fully saturated rings. The van der Waals surface area contributed by atoms with Crippen LogP contribution in [-0.2, 0) is 6.42 Å². The van der Waals surface area contributed by atoms with E-state index in [0.29, 0.717) is 35.1 Å². The fraction of sp³-hybridized carbons (Fsp3) is 0.185. The molecule has 1 heterocycles. The third-order valence-corrected chi connectivity index (χ3v) is 5.88. The van der Waals surface area contributed by atoms with Gasteiger partial charge in [-0.2, -0.15) is 0 Å². The maximum Gasteiger partial charge on any atom is 0.252 e. The number of fused-ring (bicyclic) bond motifs is 1. The van der Waals surface area contributed by atoms with Gasteiger partial charge < -0.3 is 14.8 Å². The first kappa shape index (κ1) is 22.6. The smallest absolute Gasteiger partial charge is 0.252 e. The van der Waals surface area contributed by atoms with E-state index < -0.39 is 0 Å². The summed E-state index contributed by atoms with van der Waals surface area (Å²) in [6.45, 7) is 2.42. The van der Waals surface area contributed by atoms with E-state index in [0.717, 1.165) is 33.3 Å². The lowest BCUT2D eigenvalue weighted by Gasteiger charge is -2.15. The van der Waals surface area contributed by atoms with Gasteiger partial charge in [0.25, 0.3) is 5.91 Å². The van der Waals surface area contributed by atoms with Crippen LogP contribution in [0.3, 0.4) is 0 Å². The van der Waals surface area contributed by atoms with Gasteiger partial charge in [-0.05, 0) is 54.8 Å². The zero-order valence-electron chi connectivity index (χ0n) is 18.8. The zero-order chi connectivity index (χ0) is 23.4. The number of methoxy groups -OCH3 is 2. The molecule has 1 N–H and O–H groups in total. The molecule has 5 nitrogen and oxygen atoms in total. The number of hydrogen-bond acceptors (Lipinski definition) is 4. The van der Waals surface area contributed by atoms with Gasteiger partial charge in [-0.3, -0.25) is 4.79 Å².